The lowest BCUT2D eigenvalue weighted by Crippen LogP contribution is -2.07. The third kappa shape index (κ3) is 2.61. The second-order valence-electron chi connectivity index (χ2n) is 4.18. The number of nitrogens with zero attached hydrogens (tertiary/aromatic N) is 3. The first kappa shape index (κ1) is 12.4. The zero-order chi connectivity index (χ0) is 13.0. The van der Waals surface area contributed by atoms with Gasteiger partial charge >= 0.3 is 0 Å². The van der Waals surface area contributed by atoms with Gasteiger partial charge in [0.15, 0.2) is 5.82 Å². The maximum Gasteiger partial charge on any atom is 0.169 e. The van der Waals surface area contributed by atoms with Crippen LogP contribution in [-0.4, -0.2) is 22.1 Å². The van der Waals surface area contributed by atoms with E-state index in [2.05, 4.69) is 17.2 Å². The van der Waals surface area contributed by atoms with Gasteiger partial charge in [-0.2, -0.15) is 0 Å². The summed E-state index contributed by atoms with van der Waals surface area (Å²) in [6, 6.07) is 7.92. The van der Waals surface area contributed by atoms with Crippen molar-refractivity contribution in [2.75, 3.05) is 12.8 Å². The molecule has 0 atom stereocenters. The molecule has 2 N–H and O–H groups in total. The lowest BCUT2D eigenvalue weighted by Gasteiger charge is -2.07. The third-order valence-electron chi connectivity index (χ3n) is 2.82. The second kappa shape index (κ2) is 5.53. The standard InChI is InChI=1S/C13H18N4O/c1-3-5-12-13(14)15-16-17(12)9-10-6-4-7-11(8-10)18-2/h4,6-8H,3,5,9,14H2,1-2H3. The number of benzene rings is 1. The molecule has 5 heteroatoms. The van der Waals surface area contributed by atoms with Crippen molar-refractivity contribution in [2.24, 2.45) is 0 Å². The van der Waals surface area contributed by atoms with Crippen LogP contribution in [0.3, 0.4) is 0 Å². The van der Waals surface area contributed by atoms with Crippen LogP contribution in [0.5, 0.6) is 5.75 Å². The summed E-state index contributed by atoms with van der Waals surface area (Å²) in [6.45, 7) is 2.78. The van der Waals surface area contributed by atoms with E-state index in [0.717, 1.165) is 29.8 Å². The summed E-state index contributed by atoms with van der Waals surface area (Å²) in [5, 5.41) is 8.02. The number of nitrogen functional groups attached to an aromatic ring is 1. The van der Waals surface area contributed by atoms with Gasteiger partial charge in [-0.15, -0.1) is 5.10 Å². The second-order valence-corrected chi connectivity index (χ2v) is 4.18. The van der Waals surface area contributed by atoms with E-state index in [1.807, 2.05) is 28.9 Å². The summed E-state index contributed by atoms with van der Waals surface area (Å²) < 4.78 is 7.06. The molecule has 1 aromatic heterocycles. The Bertz CT molecular complexity index is 521. The van der Waals surface area contributed by atoms with E-state index in [0.29, 0.717) is 12.4 Å². The summed E-state index contributed by atoms with van der Waals surface area (Å²) in [6.07, 6.45) is 1.92. The monoisotopic (exact) mass is 246 g/mol. The zero-order valence-corrected chi connectivity index (χ0v) is 10.8. The van der Waals surface area contributed by atoms with E-state index in [9.17, 15) is 0 Å². The van der Waals surface area contributed by atoms with Gasteiger partial charge in [-0.1, -0.05) is 30.7 Å². The van der Waals surface area contributed by atoms with Gasteiger partial charge in [-0.05, 0) is 24.1 Å². The molecule has 0 fully saturated rings. The van der Waals surface area contributed by atoms with Gasteiger partial charge in [0.25, 0.3) is 0 Å². The first-order valence-electron chi connectivity index (χ1n) is 6.05. The maximum atomic E-state index is 5.82. The third-order valence-corrected chi connectivity index (χ3v) is 2.82. The van der Waals surface area contributed by atoms with Crippen molar-refractivity contribution in [2.45, 2.75) is 26.3 Å². The fourth-order valence-corrected chi connectivity index (χ4v) is 1.91. The fourth-order valence-electron chi connectivity index (χ4n) is 1.91. The Morgan fingerprint density at radius 2 is 2.22 bits per heavy atom. The van der Waals surface area contributed by atoms with Crippen molar-refractivity contribution in [1.29, 1.82) is 0 Å². The average molecular weight is 246 g/mol. The molecular weight excluding hydrogens is 228 g/mol. The van der Waals surface area contributed by atoms with Gasteiger partial charge in [0, 0.05) is 0 Å². The maximum absolute atomic E-state index is 5.82. The molecule has 0 saturated carbocycles. The van der Waals surface area contributed by atoms with Gasteiger partial charge in [0.1, 0.15) is 5.75 Å². The van der Waals surface area contributed by atoms with Crippen LogP contribution in [0.25, 0.3) is 0 Å². The number of hydrogen-bond acceptors (Lipinski definition) is 4. The summed E-state index contributed by atoms with van der Waals surface area (Å²) in [4.78, 5) is 0. The van der Waals surface area contributed by atoms with Gasteiger partial charge in [-0.25, -0.2) is 4.68 Å². The molecule has 0 spiro atoms. The molecule has 0 unspecified atom stereocenters. The van der Waals surface area contributed by atoms with Gasteiger partial charge in [0.05, 0.1) is 19.3 Å². The van der Waals surface area contributed by atoms with E-state index >= 15 is 0 Å². The Labute approximate surface area is 107 Å². The van der Waals surface area contributed by atoms with Crippen LogP contribution in [0.1, 0.15) is 24.6 Å². The van der Waals surface area contributed by atoms with E-state index in [4.69, 9.17) is 10.5 Å². The number of hydrogen-bond donors (Lipinski definition) is 1. The smallest absolute Gasteiger partial charge is 0.169 e. The SMILES string of the molecule is CCCc1c(N)nnn1Cc1cccc(OC)c1. The lowest BCUT2D eigenvalue weighted by atomic mass is 10.2. The number of nitrogens with two attached hydrogens (primary N) is 1. The normalized spacial score (nSPS) is 10.6. The van der Waals surface area contributed by atoms with E-state index in [1.54, 1.807) is 7.11 Å². The predicted octanol–water partition coefficient (Wildman–Crippen LogP) is 1.87. The fraction of sp³-hybridized carbons (Fsp3) is 0.385. The van der Waals surface area contributed by atoms with Gasteiger partial charge in [-0.3, -0.25) is 0 Å². The minimum atomic E-state index is 0.528. The minimum absolute atomic E-state index is 0.528. The highest BCUT2D eigenvalue weighted by Gasteiger charge is 2.09. The molecule has 18 heavy (non-hydrogen) atoms. The van der Waals surface area contributed by atoms with E-state index in [-0.39, 0.29) is 0 Å². The van der Waals surface area contributed by atoms with Crippen LogP contribution in [-0.2, 0) is 13.0 Å². The number of ether oxygens (including phenoxy) is 1. The molecule has 96 valence electrons. The van der Waals surface area contributed by atoms with Gasteiger partial charge in [0.2, 0.25) is 0 Å². The number of rotatable bonds is 5. The van der Waals surface area contributed by atoms with Crippen LogP contribution in [0, 0.1) is 0 Å². The molecule has 0 aliphatic rings. The van der Waals surface area contributed by atoms with Crippen LogP contribution >= 0.6 is 0 Å². The van der Waals surface area contributed by atoms with Crippen LogP contribution in [0.15, 0.2) is 24.3 Å². The minimum Gasteiger partial charge on any atom is -0.497 e. The molecule has 0 radical (unpaired) electrons. The molecule has 0 aliphatic carbocycles. The first-order valence-corrected chi connectivity index (χ1v) is 6.05. The molecule has 0 amide bonds. The zero-order valence-electron chi connectivity index (χ0n) is 10.8. The Kier molecular flexibility index (Phi) is 3.82. The van der Waals surface area contributed by atoms with Crippen LogP contribution < -0.4 is 10.5 Å². The summed E-state index contributed by atoms with van der Waals surface area (Å²) in [5.74, 6) is 1.37. The van der Waals surface area contributed by atoms with Crippen molar-refractivity contribution in [3.63, 3.8) is 0 Å². The number of aromatic nitrogens is 3. The number of methoxy groups -OCH3 is 1. The first-order chi connectivity index (χ1) is 8.74. The van der Waals surface area contributed by atoms with Crippen molar-refractivity contribution >= 4 is 5.82 Å². The molecule has 0 bridgehead atoms. The molecule has 0 aliphatic heterocycles. The van der Waals surface area contributed by atoms with Crippen molar-refractivity contribution < 1.29 is 4.74 Å². The topological polar surface area (TPSA) is 66.0 Å². The Morgan fingerprint density at radius 1 is 1.39 bits per heavy atom. The molecule has 5 nitrogen and oxygen atoms in total. The van der Waals surface area contributed by atoms with E-state index in [1.165, 1.54) is 0 Å². The molecular formula is C13H18N4O. The van der Waals surface area contributed by atoms with Crippen molar-refractivity contribution in [3.8, 4) is 5.75 Å². The highest BCUT2D eigenvalue weighted by atomic mass is 16.5. The summed E-state index contributed by atoms with van der Waals surface area (Å²) in [7, 11) is 1.66. The van der Waals surface area contributed by atoms with E-state index < -0.39 is 0 Å². The molecule has 0 saturated heterocycles. The summed E-state index contributed by atoms with van der Waals surface area (Å²) >= 11 is 0. The quantitative estimate of drug-likeness (QED) is 0.874. The number of anilines is 1. The Morgan fingerprint density at radius 3 is 2.94 bits per heavy atom. The van der Waals surface area contributed by atoms with Crippen LogP contribution in [0.4, 0.5) is 5.82 Å². The lowest BCUT2D eigenvalue weighted by molar-refractivity contribution is 0.414. The molecule has 1 aromatic carbocycles. The Hall–Kier alpha value is -2.04. The molecule has 1 heterocycles. The highest BCUT2D eigenvalue weighted by Crippen LogP contribution is 2.16. The van der Waals surface area contributed by atoms with Crippen molar-refractivity contribution in [3.05, 3.63) is 35.5 Å². The molecule has 2 aromatic rings. The summed E-state index contributed by atoms with van der Waals surface area (Å²) in [5.41, 5.74) is 7.94. The van der Waals surface area contributed by atoms with Crippen molar-refractivity contribution in [1.82, 2.24) is 15.0 Å². The average Bonchev–Trinajstić information content (AvgIpc) is 2.72. The van der Waals surface area contributed by atoms with Crippen LogP contribution in [0.2, 0.25) is 0 Å². The Balaban J connectivity index is 2.22. The van der Waals surface area contributed by atoms with Gasteiger partial charge < -0.3 is 10.5 Å². The molecule has 2 rings (SSSR count). The highest BCUT2D eigenvalue weighted by molar-refractivity contribution is 5.34. The largest absolute Gasteiger partial charge is 0.497 e. The predicted molar refractivity (Wildman–Crippen MR) is 70.5 cm³/mol.